The van der Waals surface area contributed by atoms with Crippen LogP contribution in [-0.2, 0) is 29.2 Å². The molecular weight excluding hydrogens is 480 g/mol. The molecule has 0 bridgehead atoms. The molecule has 4 rings (SSSR count). The van der Waals surface area contributed by atoms with Gasteiger partial charge in [-0.2, -0.15) is 12.7 Å². The summed E-state index contributed by atoms with van der Waals surface area (Å²) < 4.78 is 50.2. The topological polar surface area (TPSA) is 174 Å². The maximum Gasteiger partial charge on any atom is 0.425 e. The molecule has 4 heterocycles. The molecule has 0 aliphatic carbocycles. The summed E-state index contributed by atoms with van der Waals surface area (Å²) in [5.41, 5.74) is 5.92. The van der Waals surface area contributed by atoms with Crippen molar-refractivity contribution in [1.82, 2.24) is 18.8 Å². The predicted octanol–water partition coefficient (Wildman–Crippen LogP) is 0.853. The van der Waals surface area contributed by atoms with E-state index >= 15 is 0 Å². The van der Waals surface area contributed by atoms with Gasteiger partial charge in [0.05, 0.1) is 17.5 Å². The Labute approximate surface area is 202 Å². The molecule has 2 aliphatic heterocycles. The highest BCUT2D eigenvalue weighted by atomic mass is 32.2. The van der Waals surface area contributed by atoms with Crippen molar-refractivity contribution in [3.8, 4) is 12.3 Å². The number of rotatable bonds is 4. The largest absolute Gasteiger partial charge is 0.443 e. The Hall–Kier alpha value is -2.96. The van der Waals surface area contributed by atoms with Crippen LogP contribution in [0.4, 0.5) is 10.6 Å². The van der Waals surface area contributed by atoms with Crippen LogP contribution in [0.15, 0.2) is 12.5 Å². The van der Waals surface area contributed by atoms with Crippen LogP contribution in [0.5, 0.6) is 0 Å². The number of fused-ring (bicyclic) bond motifs is 2. The van der Waals surface area contributed by atoms with Gasteiger partial charge < -0.3 is 29.2 Å². The number of ether oxygens (including phenoxy) is 4. The van der Waals surface area contributed by atoms with Gasteiger partial charge in [-0.15, -0.1) is 6.42 Å². The number of nitrogens with two attached hydrogens (primary N) is 2. The number of nitrogen functional groups attached to an aromatic ring is 1. The lowest BCUT2D eigenvalue weighted by Gasteiger charge is -2.29. The molecule has 2 aliphatic rings. The van der Waals surface area contributed by atoms with Gasteiger partial charge in [-0.3, -0.25) is 0 Å². The lowest BCUT2D eigenvalue weighted by Crippen LogP contribution is -2.49. The summed E-state index contributed by atoms with van der Waals surface area (Å²) in [5, 5.41) is 5.81. The third kappa shape index (κ3) is 4.78. The van der Waals surface area contributed by atoms with Crippen molar-refractivity contribution in [3.05, 3.63) is 18.1 Å². The van der Waals surface area contributed by atoms with Crippen LogP contribution in [-0.4, -0.2) is 69.6 Å². The standard InChI is InChI=1S/C21H28N6O7S/c1-7-11-8-26(17-13(11)16(22)24-10-25-17)18-15-14(32-21(5,6)33-15)12(31-18)9-27(35(23,29)30)19(28)34-20(2,3)4/h1,8,10,12,14-15,18H,9H2,2-6H3,(H2,22,24,25)(H2,23,29,30)/t12-,14-,15-,18-/m1/s1. The molecule has 0 aromatic carbocycles. The zero-order valence-corrected chi connectivity index (χ0v) is 20.8. The summed E-state index contributed by atoms with van der Waals surface area (Å²) in [6.45, 7) is 7.78. The highest BCUT2D eigenvalue weighted by molar-refractivity contribution is 7.87. The summed E-state index contributed by atoms with van der Waals surface area (Å²) in [7, 11) is -4.49. The second-order valence-electron chi connectivity index (χ2n) is 9.74. The van der Waals surface area contributed by atoms with E-state index in [9.17, 15) is 13.2 Å². The molecule has 35 heavy (non-hydrogen) atoms. The minimum Gasteiger partial charge on any atom is -0.443 e. The zero-order valence-electron chi connectivity index (χ0n) is 20.0. The second-order valence-corrected chi connectivity index (χ2v) is 11.2. The Kier molecular flexibility index (Phi) is 5.97. The van der Waals surface area contributed by atoms with E-state index in [-0.39, 0.29) is 5.82 Å². The van der Waals surface area contributed by atoms with E-state index in [1.807, 2.05) is 0 Å². The van der Waals surface area contributed by atoms with E-state index in [0.29, 0.717) is 20.9 Å². The molecule has 2 saturated heterocycles. The molecule has 1 amide bonds. The molecular formula is C21H28N6O7S. The van der Waals surface area contributed by atoms with E-state index in [1.165, 1.54) is 6.33 Å². The van der Waals surface area contributed by atoms with Crippen molar-refractivity contribution in [2.45, 2.75) is 70.5 Å². The minimum absolute atomic E-state index is 0.196. The van der Waals surface area contributed by atoms with Gasteiger partial charge in [0.1, 0.15) is 41.7 Å². The molecule has 14 heteroatoms. The molecule has 2 aromatic heterocycles. The molecule has 4 N–H and O–H groups in total. The number of anilines is 1. The fourth-order valence-electron chi connectivity index (χ4n) is 4.20. The molecule has 0 spiro atoms. The maximum absolute atomic E-state index is 12.7. The van der Waals surface area contributed by atoms with Gasteiger partial charge in [0, 0.05) is 6.20 Å². The maximum atomic E-state index is 12.7. The first-order valence-corrected chi connectivity index (χ1v) is 12.2. The lowest BCUT2D eigenvalue weighted by atomic mass is 10.1. The van der Waals surface area contributed by atoms with Gasteiger partial charge in [0.25, 0.3) is 0 Å². The number of hydrogen-bond acceptors (Lipinski definition) is 10. The van der Waals surface area contributed by atoms with Crippen LogP contribution in [0.2, 0.25) is 0 Å². The molecule has 2 fully saturated rings. The third-order valence-corrected chi connectivity index (χ3v) is 6.36. The first-order chi connectivity index (χ1) is 16.1. The van der Waals surface area contributed by atoms with Crippen molar-refractivity contribution in [2.75, 3.05) is 12.3 Å². The molecule has 13 nitrogen and oxygen atoms in total. The van der Waals surface area contributed by atoms with Crippen molar-refractivity contribution in [2.24, 2.45) is 5.14 Å². The number of terminal acetylenes is 1. The zero-order chi connectivity index (χ0) is 25.9. The fourth-order valence-corrected chi connectivity index (χ4v) is 4.80. The number of carbonyl (C=O) groups is 1. The average Bonchev–Trinajstić information content (AvgIpc) is 3.33. The van der Waals surface area contributed by atoms with Gasteiger partial charge in [-0.05, 0) is 34.6 Å². The Balaban J connectivity index is 1.73. The van der Waals surface area contributed by atoms with Crippen LogP contribution in [0.1, 0.15) is 46.4 Å². The average molecular weight is 509 g/mol. The Morgan fingerprint density at radius 3 is 2.57 bits per heavy atom. The van der Waals surface area contributed by atoms with Gasteiger partial charge in [-0.25, -0.2) is 19.9 Å². The van der Waals surface area contributed by atoms with E-state index in [4.69, 9.17) is 36.2 Å². The van der Waals surface area contributed by atoms with Gasteiger partial charge in [0.2, 0.25) is 0 Å². The van der Waals surface area contributed by atoms with Crippen LogP contribution >= 0.6 is 0 Å². The Bertz CT molecular complexity index is 1310. The summed E-state index contributed by atoms with van der Waals surface area (Å²) in [6.07, 6.45) is 4.19. The molecule has 0 radical (unpaired) electrons. The normalized spacial score (nSPS) is 25.9. The minimum atomic E-state index is -4.49. The molecule has 0 saturated carbocycles. The van der Waals surface area contributed by atoms with E-state index in [2.05, 4.69) is 15.9 Å². The lowest BCUT2D eigenvalue weighted by molar-refractivity contribution is -0.196. The number of hydrogen-bond donors (Lipinski definition) is 2. The summed E-state index contributed by atoms with van der Waals surface area (Å²) in [6, 6.07) is 0. The molecule has 4 atom stereocenters. The number of nitrogens with zero attached hydrogens (tertiary/aromatic N) is 4. The summed E-state index contributed by atoms with van der Waals surface area (Å²) >= 11 is 0. The Morgan fingerprint density at radius 1 is 1.31 bits per heavy atom. The van der Waals surface area contributed by atoms with Crippen molar-refractivity contribution in [3.63, 3.8) is 0 Å². The van der Waals surface area contributed by atoms with E-state index in [1.54, 1.807) is 45.4 Å². The van der Waals surface area contributed by atoms with Gasteiger partial charge in [-0.1, -0.05) is 5.92 Å². The fraction of sp³-hybridized carbons (Fsp3) is 0.571. The summed E-state index contributed by atoms with van der Waals surface area (Å²) in [5.74, 6) is 1.74. The van der Waals surface area contributed by atoms with Crippen molar-refractivity contribution in [1.29, 1.82) is 0 Å². The van der Waals surface area contributed by atoms with Crippen molar-refractivity contribution < 1.29 is 32.2 Å². The van der Waals surface area contributed by atoms with E-state index < -0.39 is 58.8 Å². The van der Waals surface area contributed by atoms with E-state index in [0.717, 1.165) is 0 Å². The highest BCUT2D eigenvalue weighted by Crippen LogP contribution is 2.44. The third-order valence-electron chi connectivity index (χ3n) is 5.44. The predicted molar refractivity (Wildman–Crippen MR) is 124 cm³/mol. The monoisotopic (exact) mass is 508 g/mol. The number of amides is 1. The smallest absolute Gasteiger partial charge is 0.425 e. The van der Waals surface area contributed by atoms with Gasteiger partial charge >= 0.3 is 16.3 Å². The van der Waals surface area contributed by atoms with Gasteiger partial charge in [0.15, 0.2) is 12.0 Å². The highest BCUT2D eigenvalue weighted by Gasteiger charge is 2.57. The SMILES string of the molecule is C#Cc1cn([C@@H]2O[C@H](CN(C(=O)OC(C)(C)C)S(N)(=O)=O)[C@H]3OC(C)(C)O[C@H]32)c2ncnc(N)c12. The Morgan fingerprint density at radius 2 is 1.97 bits per heavy atom. The molecule has 0 unspecified atom stereocenters. The second kappa shape index (κ2) is 8.32. The summed E-state index contributed by atoms with van der Waals surface area (Å²) in [4.78, 5) is 21.0. The first-order valence-electron chi connectivity index (χ1n) is 10.7. The number of aromatic nitrogens is 3. The van der Waals surface area contributed by atoms with Crippen LogP contribution in [0.25, 0.3) is 11.0 Å². The van der Waals surface area contributed by atoms with Crippen LogP contribution in [0.3, 0.4) is 0 Å². The number of carbonyl (C=O) groups excluding carboxylic acids is 1. The van der Waals surface area contributed by atoms with Crippen LogP contribution < -0.4 is 10.9 Å². The first kappa shape index (κ1) is 25.1. The quantitative estimate of drug-likeness (QED) is 0.563. The molecule has 190 valence electrons. The van der Waals surface area contributed by atoms with Crippen LogP contribution in [0, 0.1) is 12.3 Å². The molecule has 2 aromatic rings. The van der Waals surface area contributed by atoms with Crippen molar-refractivity contribution >= 4 is 33.2 Å².